The molecule has 0 atom stereocenters. The third-order valence-corrected chi connectivity index (χ3v) is 4.28. The Kier molecular flexibility index (Phi) is 5.27. The molecule has 1 aliphatic rings. The van der Waals surface area contributed by atoms with Gasteiger partial charge < -0.3 is 10.6 Å². The van der Waals surface area contributed by atoms with Crippen LogP contribution in [0.3, 0.4) is 0 Å². The summed E-state index contributed by atoms with van der Waals surface area (Å²) in [5, 5.41) is 12.1. The van der Waals surface area contributed by atoms with Crippen molar-refractivity contribution in [3.63, 3.8) is 0 Å². The number of benzene rings is 1. The SMILES string of the molecule is O=C(CSc1n[nH]c(C2CC2)n1)NCC(=O)Nc1ccc(F)c(F)c1. The lowest BCUT2D eigenvalue weighted by atomic mass is 10.3. The predicted octanol–water partition coefficient (Wildman–Crippen LogP) is 1.81. The first-order valence-corrected chi connectivity index (χ1v) is 8.56. The maximum absolute atomic E-state index is 13.0. The fourth-order valence-electron chi connectivity index (χ4n) is 2.00. The van der Waals surface area contributed by atoms with Crippen molar-refractivity contribution in [3.05, 3.63) is 35.7 Å². The molecule has 10 heteroatoms. The summed E-state index contributed by atoms with van der Waals surface area (Å²) in [6, 6.07) is 3.01. The summed E-state index contributed by atoms with van der Waals surface area (Å²) in [4.78, 5) is 27.7. The van der Waals surface area contributed by atoms with E-state index >= 15 is 0 Å². The van der Waals surface area contributed by atoms with Gasteiger partial charge in [0.25, 0.3) is 0 Å². The lowest BCUT2D eigenvalue weighted by Crippen LogP contribution is -2.33. The van der Waals surface area contributed by atoms with Gasteiger partial charge >= 0.3 is 0 Å². The van der Waals surface area contributed by atoms with E-state index < -0.39 is 17.5 Å². The molecule has 1 aliphatic carbocycles. The van der Waals surface area contributed by atoms with Gasteiger partial charge in [0, 0.05) is 17.7 Å². The van der Waals surface area contributed by atoms with E-state index in [-0.39, 0.29) is 23.9 Å². The molecule has 0 saturated heterocycles. The van der Waals surface area contributed by atoms with Gasteiger partial charge in [0.2, 0.25) is 17.0 Å². The molecule has 132 valence electrons. The number of nitrogens with zero attached hydrogens (tertiary/aromatic N) is 2. The van der Waals surface area contributed by atoms with Gasteiger partial charge in [-0.25, -0.2) is 13.8 Å². The topological polar surface area (TPSA) is 99.8 Å². The number of carbonyl (C=O) groups excluding carboxylic acids is 2. The third kappa shape index (κ3) is 4.99. The third-order valence-electron chi connectivity index (χ3n) is 3.43. The van der Waals surface area contributed by atoms with Crippen LogP contribution in [0.2, 0.25) is 0 Å². The highest BCUT2D eigenvalue weighted by molar-refractivity contribution is 7.99. The maximum atomic E-state index is 13.0. The predicted molar refractivity (Wildman–Crippen MR) is 87.1 cm³/mol. The molecule has 0 unspecified atom stereocenters. The van der Waals surface area contributed by atoms with Gasteiger partial charge in [-0.3, -0.25) is 14.7 Å². The number of rotatable bonds is 7. The number of aromatic nitrogens is 3. The second kappa shape index (κ2) is 7.60. The smallest absolute Gasteiger partial charge is 0.243 e. The molecule has 3 N–H and O–H groups in total. The summed E-state index contributed by atoms with van der Waals surface area (Å²) in [5.74, 6) is -1.60. The number of hydrogen-bond donors (Lipinski definition) is 3. The standard InChI is InChI=1S/C15H15F2N5O2S/c16-10-4-3-9(5-11(10)17)19-12(23)6-18-13(24)7-25-15-20-14(21-22-15)8-1-2-8/h3-5,8H,1-2,6-7H2,(H,18,24)(H,19,23)(H,20,21,22). The van der Waals surface area contributed by atoms with Crippen LogP contribution in [0.25, 0.3) is 0 Å². The number of H-pyrrole nitrogens is 1. The van der Waals surface area contributed by atoms with Crippen molar-refractivity contribution >= 4 is 29.3 Å². The van der Waals surface area contributed by atoms with Crippen LogP contribution < -0.4 is 10.6 Å². The number of nitrogens with one attached hydrogen (secondary N) is 3. The Morgan fingerprint density at radius 3 is 2.76 bits per heavy atom. The second-order valence-corrected chi connectivity index (χ2v) is 6.46. The van der Waals surface area contributed by atoms with Crippen LogP contribution in [0.5, 0.6) is 0 Å². The Hall–Kier alpha value is -2.49. The number of thioether (sulfide) groups is 1. The number of carbonyl (C=O) groups is 2. The van der Waals surface area contributed by atoms with Crippen LogP contribution in [0.4, 0.5) is 14.5 Å². The summed E-state index contributed by atoms with van der Waals surface area (Å²) in [6.45, 7) is -0.278. The average Bonchev–Trinajstić information content (AvgIpc) is 3.33. The molecule has 1 aromatic carbocycles. The quantitative estimate of drug-likeness (QED) is 0.648. The molecule has 25 heavy (non-hydrogen) atoms. The van der Waals surface area contributed by atoms with Crippen molar-refractivity contribution in [2.24, 2.45) is 0 Å². The van der Waals surface area contributed by atoms with Crippen molar-refractivity contribution in [3.8, 4) is 0 Å². The van der Waals surface area contributed by atoms with Gasteiger partial charge in [-0.15, -0.1) is 5.10 Å². The van der Waals surface area contributed by atoms with Crippen molar-refractivity contribution in [1.82, 2.24) is 20.5 Å². The molecule has 1 saturated carbocycles. The first-order valence-electron chi connectivity index (χ1n) is 7.58. The zero-order valence-corrected chi connectivity index (χ0v) is 13.8. The molecule has 0 radical (unpaired) electrons. The largest absolute Gasteiger partial charge is 0.346 e. The summed E-state index contributed by atoms with van der Waals surface area (Å²) in [6.07, 6.45) is 2.21. The van der Waals surface area contributed by atoms with E-state index in [1.54, 1.807) is 0 Å². The molecule has 7 nitrogen and oxygen atoms in total. The van der Waals surface area contributed by atoms with E-state index in [9.17, 15) is 18.4 Å². The number of anilines is 1. The second-order valence-electron chi connectivity index (χ2n) is 5.52. The molecule has 2 aromatic rings. The lowest BCUT2D eigenvalue weighted by Gasteiger charge is -2.07. The number of aromatic amines is 1. The van der Waals surface area contributed by atoms with Crippen molar-refractivity contribution in [2.75, 3.05) is 17.6 Å². The first kappa shape index (κ1) is 17.3. The van der Waals surface area contributed by atoms with Crippen LogP contribution >= 0.6 is 11.8 Å². The fraction of sp³-hybridized carbons (Fsp3) is 0.333. The van der Waals surface area contributed by atoms with Crippen LogP contribution in [0.1, 0.15) is 24.6 Å². The highest BCUT2D eigenvalue weighted by atomic mass is 32.2. The molecule has 3 rings (SSSR count). The van der Waals surface area contributed by atoms with Crippen LogP contribution in [-0.2, 0) is 9.59 Å². The molecule has 0 spiro atoms. The minimum absolute atomic E-state index is 0.0699. The molecule has 1 heterocycles. The van der Waals surface area contributed by atoms with Gasteiger partial charge in [0.15, 0.2) is 11.6 Å². The summed E-state index contributed by atoms with van der Waals surface area (Å²) >= 11 is 1.17. The first-order chi connectivity index (χ1) is 12.0. The van der Waals surface area contributed by atoms with E-state index in [0.717, 1.165) is 30.8 Å². The number of amides is 2. The monoisotopic (exact) mass is 367 g/mol. The Labute approximate surface area is 146 Å². The minimum Gasteiger partial charge on any atom is -0.346 e. The van der Waals surface area contributed by atoms with E-state index in [2.05, 4.69) is 25.8 Å². The molecule has 1 fully saturated rings. The normalized spacial score (nSPS) is 13.5. The van der Waals surface area contributed by atoms with Gasteiger partial charge in [-0.2, -0.15) is 0 Å². The van der Waals surface area contributed by atoms with Crippen LogP contribution in [0.15, 0.2) is 23.4 Å². The van der Waals surface area contributed by atoms with Crippen LogP contribution in [0, 0.1) is 11.6 Å². The Morgan fingerprint density at radius 2 is 2.04 bits per heavy atom. The highest BCUT2D eigenvalue weighted by Crippen LogP contribution is 2.38. The fourth-order valence-corrected chi connectivity index (χ4v) is 2.64. The maximum Gasteiger partial charge on any atom is 0.243 e. The highest BCUT2D eigenvalue weighted by Gasteiger charge is 2.27. The zero-order chi connectivity index (χ0) is 17.8. The minimum atomic E-state index is -1.06. The molecule has 2 amide bonds. The van der Waals surface area contributed by atoms with Crippen molar-refractivity contribution in [2.45, 2.75) is 23.9 Å². The summed E-state index contributed by atoms with van der Waals surface area (Å²) < 4.78 is 25.9. The summed E-state index contributed by atoms with van der Waals surface area (Å²) in [5.41, 5.74) is 0.112. The Morgan fingerprint density at radius 1 is 1.24 bits per heavy atom. The van der Waals surface area contributed by atoms with Gasteiger partial charge in [-0.05, 0) is 25.0 Å². The summed E-state index contributed by atoms with van der Waals surface area (Å²) in [7, 11) is 0. The van der Waals surface area contributed by atoms with E-state index in [4.69, 9.17) is 0 Å². The molecule has 1 aromatic heterocycles. The molecule has 0 aliphatic heterocycles. The lowest BCUT2D eigenvalue weighted by molar-refractivity contribution is -0.122. The van der Waals surface area contributed by atoms with Crippen molar-refractivity contribution in [1.29, 1.82) is 0 Å². The molecular weight excluding hydrogens is 352 g/mol. The van der Waals surface area contributed by atoms with E-state index in [1.165, 1.54) is 17.8 Å². The van der Waals surface area contributed by atoms with Crippen LogP contribution in [-0.4, -0.2) is 39.3 Å². The van der Waals surface area contributed by atoms with E-state index in [1.807, 2.05) is 0 Å². The Balaban J connectivity index is 1.38. The molecule has 0 bridgehead atoms. The average molecular weight is 367 g/mol. The number of hydrogen-bond acceptors (Lipinski definition) is 5. The zero-order valence-electron chi connectivity index (χ0n) is 13.0. The Bertz CT molecular complexity index is 794. The number of halogens is 2. The van der Waals surface area contributed by atoms with Gasteiger partial charge in [-0.1, -0.05) is 11.8 Å². The van der Waals surface area contributed by atoms with Crippen molar-refractivity contribution < 1.29 is 18.4 Å². The molecular formula is C15H15F2N5O2S. The van der Waals surface area contributed by atoms with E-state index in [0.29, 0.717) is 11.1 Å². The van der Waals surface area contributed by atoms with Gasteiger partial charge in [0.1, 0.15) is 5.82 Å². The van der Waals surface area contributed by atoms with Gasteiger partial charge in [0.05, 0.1) is 12.3 Å².